The molecule has 0 amide bonds. The van der Waals surface area contributed by atoms with E-state index in [4.69, 9.17) is 4.74 Å². The van der Waals surface area contributed by atoms with E-state index in [0.29, 0.717) is 18.1 Å². The van der Waals surface area contributed by atoms with E-state index in [-0.39, 0.29) is 0 Å². The summed E-state index contributed by atoms with van der Waals surface area (Å²) in [5.41, 5.74) is 0. The highest BCUT2D eigenvalue weighted by atomic mass is 16.5. The molecule has 1 rings (SSSR count). The zero-order chi connectivity index (χ0) is 8.97. The van der Waals surface area contributed by atoms with E-state index < -0.39 is 0 Å². The standard InChI is InChI=1S/C11H20O/c1-4-6-11-9(3)7-8-10(5-2)12-11/h4,9-11H,1,5-8H2,2-3H3. The second-order valence-corrected chi connectivity index (χ2v) is 3.78. The van der Waals surface area contributed by atoms with Gasteiger partial charge in [-0.1, -0.05) is 19.9 Å². The van der Waals surface area contributed by atoms with Crippen molar-refractivity contribution in [1.82, 2.24) is 0 Å². The minimum Gasteiger partial charge on any atom is -0.374 e. The van der Waals surface area contributed by atoms with Crippen LogP contribution in [0, 0.1) is 5.92 Å². The van der Waals surface area contributed by atoms with Crippen LogP contribution < -0.4 is 0 Å². The zero-order valence-corrected chi connectivity index (χ0v) is 8.25. The second kappa shape index (κ2) is 4.66. The van der Waals surface area contributed by atoms with Gasteiger partial charge in [-0.15, -0.1) is 6.58 Å². The molecule has 1 fully saturated rings. The Kier molecular flexibility index (Phi) is 3.80. The van der Waals surface area contributed by atoms with Gasteiger partial charge in [-0.3, -0.25) is 0 Å². The molecule has 3 atom stereocenters. The predicted molar refractivity (Wildman–Crippen MR) is 52.2 cm³/mol. The van der Waals surface area contributed by atoms with Crippen molar-refractivity contribution in [1.29, 1.82) is 0 Å². The molecule has 0 saturated carbocycles. The quantitative estimate of drug-likeness (QED) is 0.588. The Morgan fingerprint density at radius 2 is 2.25 bits per heavy atom. The van der Waals surface area contributed by atoms with Crippen LogP contribution in [0.1, 0.15) is 39.5 Å². The van der Waals surface area contributed by atoms with Gasteiger partial charge in [0.15, 0.2) is 0 Å². The Morgan fingerprint density at radius 3 is 2.83 bits per heavy atom. The minimum absolute atomic E-state index is 0.432. The zero-order valence-electron chi connectivity index (χ0n) is 8.25. The van der Waals surface area contributed by atoms with Crippen molar-refractivity contribution in [2.75, 3.05) is 0 Å². The first-order chi connectivity index (χ1) is 5.77. The van der Waals surface area contributed by atoms with Crippen LogP contribution in [0.15, 0.2) is 12.7 Å². The van der Waals surface area contributed by atoms with E-state index in [9.17, 15) is 0 Å². The van der Waals surface area contributed by atoms with E-state index in [1.54, 1.807) is 0 Å². The van der Waals surface area contributed by atoms with E-state index in [2.05, 4.69) is 20.4 Å². The van der Waals surface area contributed by atoms with Gasteiger partial charge in [-0.2, -0.15) is 0 Å². The van der Waals surface area contributed by atoms with Crippen molar-refractivity contribution in [2.24, 2.45) is 5.92 Å². The van der Waals surface area contributed by atoms with Crippen LogP contribution in [0.5, 0.6) is 0 Å². The molecule has 0 bridgehead atoms. The van der Waals surface area contributed by atoms with Crippen LogP contribution in [0.25, 0.3) is 0 Å². The lowest BCUT2D eigenvalue weighted by atomic mass is 9.91. The van der Waals surface area contributed by atoms with Crippen molar-refractivity contribution < 1.29 is 4.74 Å². The van der Waals surface area contributed by atoms with Gasteiger partial charge in [0.1, 0.15) is 0 Å². The van der Waals surface area contributed by atoms with E-state index >= 15 is 0 Å². The third-order valence-electron chi connectivity index (χ3n) is 2.80. The average Bonchev–Trinajstić information content (AvgIpc) is 2.09. The molecule has 1 saturated heterocycles. The Morgan fingerprint density at radius 1 is 1.50 bits per heavy atom. The monoisotopic (exact) mass is 168 g/mol. The highest BCUT2D eigenvalue weighted by Gasteiger charge is 2.25. The molecule has 0 aromatic carbocycles. The Hall–Kier alpha value is -0.300. The van der Waals surface area contributed by atoms with Crippen LogP contribution in [-0.4, -0.2) is 12.2 Å². The average molecular weight is 168 g/mol. The predicted octanol–water partition coefficient (Wildman–Crippen LogP) is 3.16. The van der Waals surface area contributed by atoms with Gasteiger partial charge in [0.2, 0.25) is 0 Å². The largest absolute Gasteiger partial charge is 0.374 e. The van der Waals surface area contributed by atoms with Crippen molar-refractivity contribution >= 4 is 0 Å². The van der Waals surface area contributed by atoms with Crippen LogP contribution >= 0.6 is 0 Å². The molecule has 70 valence electrons. The molecule has 0 radical (unpaired) electrons. The summed E-state index contributed by atoms with van der Waals surface area (Å²) in [6.45, 7) is 8.24. The van der Waals surface area contributed by atoms with E-state index in [1.807, 2.05) is 6.08 Å². The fourth-order valence-corrected chi connectivity index (χ4v) is 1.84. The van der Waals surface area contributed by atoms with Crippen LogP contribution in [0.2, 0.25) is 0 Å². The second-order valence-electron chi connectivity index (χ2n) is 3.78. The lowest BCUT2D eigenvalue weighted by molar-refractivity contribution is -0.0773. The maximum Gasteiger partial charge on any atom is 0.0638 e. The molecule has 0 aromatic heterocycles. The van der Waals surface area contributed by atoms with Crippen LogP contribution in [0.4, 0.5) is 0 Å². The highest BCUT2D eigenvalue weighted by Crippen LogP contribution is 2.28. The molecule has 3 unspecified atom stereocenters. The van der Waals surface area contributed by atoms with Crippen LogP contribution in [-0.2, 0) is 4.74 Å². The summed E-state index contributed by atoms with van der Waals surface area (Å²) >= 11 is 0. The summed E-state index contributed by atoms with van der Waals surface area (Å²) in [6.07, 6.45) is 7.63. The first-order valence-corrected chi connectivity index (χ1v) is 5.04. The Bertz CT molecular complexity index is 142. The summed E-state index contributed by atoms with van der Waals surface area (Å²) in [7, 11) is 0. The molecule has 0 aliphatic carbocycles. The third kappa shape index (κ3) is 2.34. The number of hydrogen-bond acceptors (Lipinski definition) is 1. The summed E-state index contributed by atoms with van der Waals surface area (Å²) in [5.74, 6) is 0.714. The maximum atomic E-state index is 5.92. The third-order valence-corrected chi connectivity index (χ3v) is 2.80. The SMILES string of the molecule is C=CCC1OC(CC)CCC1C. The van der Waals surface area contributed by atoms with Gasteiger partial charge in [0, 0.05) is 0 Å². The molecule has 1 heteroatoms. The fourth-order valence-electron chi connectivity index (χ4n) is 1.84. The van der Waals surface area contributed by atoms with Gasteiger partial charge < -0.3 is 4.74 Å². The van der Waals surface area contributed by atoms with E-state index in [1.165, 1.54) is 12.8 Å². The van der Waals surface area contributed by atoms with Crippen molar-refractivity contribution in [3.63, 3.8) is 0 Å². The maximum absolute atomic E-state index is 5.92. The summed E-state index contributed by atoms with van der Waals surface area (Å²) in [6, 6.07) is 0. The fraction of sp³-hybridized carbons (Fsp3) is 0.818. The lowest BCUT2D eigenvalue weighted by Gasteiger charge is -2.34. The molecule has 1 aliphatic rings. The van der Waals surface area contributed by atoms with Crippen molar-refractivity contribution in [3.8, 4) is 0 Å². The topological polar surface area (TPSA) is 9.23 Å². The molecule has 1 heterocycles. The van der Waals surface area contributed by atoms with Gasteiger partial charge in [-0.05, 0) is 31.6 Å². The molecule has 1 aliphatic heterocycles. The molecule has 12 heavy (non-hydrogen) atoms. The van der Waals surface area contributed by atoms with Gasteiger partial charge >= 0.3 is 0 Å². The number of rotatable bonds is 3. The van der Waals surface area contributed by atoms with Crippen LogP contribution in [0.3, 0.4) is 0 Å². The normalized spacial score (nSPS) is 36.3. The number of hydrogen-bond donors (Lipinski definition) is 0. The molecule has 0 aromatic rings. The van der Waals surface area contributed by atoms with Gasteiger partial charge in [0.05, 0.1) is 12.2 Å². The van der Waals surface area contributed by atoms with Gasteiger partial charge in [-0.25, -0.2) is 0 Å². The summed E-state index contributed by atoms with van der Waals surface area (Å²) < 4.78 is 5.92. The molecule has 0 spiro atoms. The smallest absolute Gasteiger partial charge is 0.0638 e. The summed E-state index contributed by atoms with van der Waals surface area (Å²) in [5, 5.41) is 0. The number of ether oxygens (including phenoxy) is 1. The lowest BCUT2D eigenvalue weighted by Crippen LogP contribution is -2.33. The Balaban J connectivity index is 2.41. The molecular formula is C11H20O. The van der Waals surface area contributed by atoms with E-state index in [0.717, 1.165) is 12.8 Å². The van der Waals surface area contributed by atoms with Crippen molar-refractivity contribution in [3.05, 3.63) is 12.7 Å². The van der Waals surface area contributed by atoms with Gasteiger partial charge in [0.25, 0.3) is 0 Å². The molecule has 1 nitrogen and oxygen atoms in total. The minimum atomic E-state index is 0.432. The molecular weight excluding hydrogens is 148 g/mol. The first-order valence-electron chi connectivity index (χ1n) is 5.04. The Labute approximate surface area is 75.8 Å². The van der Waals surface area contributed by atoms with Crippen molar-refractivity contribution in [2.45, 2.75) is 51.7 Å². The molecule has 0 N–H and O–H groups in total. The first kappa shape index (κ1) is 9.79. The highest BCUT2D eigenvalue weighted by molar-refractivity contribution is 4.82. The summed E-state index contributed by atoms with van der Waals surface area (Å²) in [4.78, 5) is 0.